The van der Waals surface area contributed by atoms with Gasteiger partial charge >= 0.3 is 6.18 Å². The normalized spacial score (nSPS) is 11.2. The number of anilines is 1. The molecule has 21 heavy (non-hydrogen) atoms. The number of amides is 1. The second-order valence-corrected chi connectivity index (χ2v) is 5.02. The zero-order valence-electron chi connectivity index (χ0n) is 11.0. The Bertz CT molecular complexity index is 624. The Kier molecular flexibility index (Phi) is 4.52. The summed E-state index contributed by atoms with van der Waals surface area (Å²) in [6.07, 6.45) is -4.48. The topological polar surface area (TPSA) is 38.3 Å². The summed E-state index contributed by atoms with van der Waals surface area (Å²) in [5.74, 6) is -0.263. The standard InChI is InChI=1S/C14H12F3NO2S/c1-2-20-11-6-5-9(14(15,16)17)8-10(11)18-13(19)12-4-3-7-21-12/h3-8H,2H2,1H3,(H,18,19). The first kappa shape index (κ1) is 15.4. The molecular weight excluding hydrogens is 303 g/mol. The Morgan fingerprint density at radius 1 is 1.33 bits per heavy atom. The summed E-state index contributed by atoms with van der Waals surface area (Å²) in [6, 6.07) is 6.28. The van der Waals surface area contributed by atoms with E-state index in [-0.39, 0.29) is 18.0 Å². The van der Waals surface area contributed by atoms with Crippen molar-refractivity contribution in [2.24, 2.45) is 0 Å². The molecule has 2 aromatic rings. The van der Waals surface area contributed by atoms with Gasteiger partial charge in [0, 0.05) is 0 Å². The summed E-state index contributed by atoms with van der Waals surface area (Å²) in [5, 5.41) is 4.17. The fourth-order valence-corrected chi connectivity index (χ4v) is 2.30. The number of hydrogen-bond acceptors (Lipinski definition) is 3. The molecule has 1 aromatic heterocycles. The van der Waals surface area contributed by atoms with Gasteiger partial charge in [-0.25, -0.2) is 0 Å². The molecule has 0 saturated carbocycles. The van der Waals surface area contributed by atoms with Crippen LogP contribution < -0.4 is 10.1 Å². The van der Waals surface area contributed by atoms with Crippen LogP contribution in [0.4, 0.5) is 18.9 Å². The van der Waals surface area contributed by atoms with Crippen molar-refractivity contribution in [3.8, 4) is 5.75 Å². The molecule has 0 aliphatic carbocycles. The molecule has 0 radical (unpaired) electrons. The molecule has 7 heteroatoms. The monoisotopic (exact) mass is 315 g/mol. The van der Waals surface area contributed by atoms with Crippen LogP contribution in [0.15, 0.2) is 35.7 Å². The van der Waals surface area contributed by atoms with Gasteiger partial charge in [-0.15, -0.1) is 11.3 Å². The SMILES string of the molecule is CCOc1ccc(C(F)(F)F)cc1NC(=O)c1cccs1. The first-order valence-electron chi connectivity index (χ1n) is 6.10. The number of halogens is 3. The second-order valence-electron chi connectivity index (χ2n) is 4.07. The lowest BCUT2D eigenvalue weighted by molar-refractivity contribution is -0.137. The van der Waals surface area contributed by atoms with Gasteiger partial charge in [0.05, 0.1) is 22.7 Å². The Morgan fingerprint density at radius 3 is 2.67 bits per heavy atom. The molecule has 1 aromatic carbocycles. The van der Waals surface area contributed by atoms with Gasteiger partial charge in [0.25, 0.3) is 5.91 Å². The molecule has 1 N–H and O–H groups in total. The fourth-order valence-electron chi connectivity index (χ4n) is 1.68. The molecule has 0 unspecified atom stereocenters. The molecule has 0 saturated heterocycles. The number of carbonyl (C=O) groups excluding carboxylic acids is 1. The zero-order valence-corrected chi connectivity index (χ0v) is 11.8. The molecule has 3 nitrogen and oxygen atoms in total. The number of alkyl halides is 3. The lowest BCUT2D eigenvalue weighted by atomic mass is 10.1. The van der Waals surface area contributed by atoms with E-state index in [0.29, 0.717) is 4.88 Å². The van der Waals surface area contributed by atoms with Crippen LogP contribution >= 0.6 is 11.3 Å². The number of benzene rings is 1. The smallest absolute Gasteiger partial charge is 0.416 e. The van der Waals surface area contributed by atoms with Crippen LogP contribution in [0.5, 0.6) is 5.75 Å². The molecule has 112 valence electrons. The highest BCUT2D eigenvalue weighted by Gasteiger charge is 2.31. The van der Waals surface area contributed by atoms with Crippen LogP contribution in [-0.4, -0.2) is 12.5 Å². The van der Waals surface area contributed by atoms with Crippen molar-refractivity contribution >= 4 is 22.9 Å². The number of hydrogen-bond donors (Lipinski definition) is 1. The van der Waals surface area contributed by atoms with Crippen LogP contribution in [-0.2, 0) is 6.18 Å². The number of ether oxygens (including phenoxy) is 1. The van der Waals surface area contributed by atoms with E-state index in [2.05, 4.69) is 5.32 Å². The molecule has 0 atom stereocenters. The van der Waals surface area contributed by atoms with Gasteiger partial charge in [-0.05, 0) is 36.6 Å². The highest BCUT2D eigenvalue weighted by Crippen LogP contribution is 2.35. The van der Waals surface area contributed by atoms with E-state index in [0.717, 1.165) is 12.1 Å². The average Bonchev–Trinajstić information content (AvgIpc) is 2.93. The maximum Gasteiger partial charge on any atom is 0.416 e. The van der Waals surface area contributed by atoms with E-state index >= 15 is 0 Å². The molecule has 0 bridgehead atoms. The largest absolute Gasteiger partial charge is 0.492 e. The summed E-state index contributed by atoms with van der Waals surface area (Å²) in [5.41, 5.74) is -0.836. The minimum absolute atomic E-state index is 0.00470. The van der Waals surface area contributed by atoms with Crippen LogP contribution in [0.3, 0.4) is 0 Å². The Hall–Kier alpha value is -2.02. The molecule has 0 fully saturated rings. The van der Waals surface area contributed by atoms with Gasteiger partial charge in [-0.2, -0.15) is 13.2 Å². The summed E-state index contributed by atoms with van der Waals surface area (Å²) in [7, 11) is 0. The van der Waals surface area contributed by atoms with Crippen molar-refractivity contribution < 1.29 is 22.7 Å². The molecular formula is C14H12F3NO2S. The van der Waals surface area contributed by atoms with Crippen molar-refractivity contribution in [3.63, 3.8) is 0 Å². The van der Waals surface area contributed by atoms with E-state index in [1.54, 1.807) is 24.4 Å². The van der Waals surface area contributed by atoms with Gasteiger partial charge in [0.2, 0.25) is 0 Å². The Morgan fingerprint density at radius 2 is 2.10 bits per heavy atom. The molecule has 1 heterocycles. The first-order valence-corrected chi connectivity index (χ1v) is 6.98. The predicted octanol–water partition coefficient (Wildman–Crippen LogP) is 4.42. The van der Waals surface area contributed by atoms with Crippen LogP contribution in [0.25, 0.3) is 0 Å². The molecule has 0 spiro atoms. The van der Waals surface area contributed by atoms with Gasteiger partial charge in [-0.3, -0.25) is 4.79 Å². The Balaban J connectivity index is 2.32. The maximum absolute atomic E-state index is 12.7. The van der Waals surface area contributed by atoms with Crippen molar-refractivity contribution in [2.75, 3.05) is 11.9 Å². The first-order chi connectivity index (χ1) is 9.91. The van der Waals surface area contributed by atoms with E-state index < -0.39 is 17.6 Å². The van der Waals surface area contributed by atoms with E-state index in [4.69, 9.17) is 4.74 Å². The third-order valence-electron chi connectivity index (χ3n) is 2.60. The lowest BCUT2D eigenvalue weighted by Gasteiger charge is -2.14. The van der Waals surface area contributed by atoms with Gasteiger partial charge in [0.1, 0.15) is 5.75 Å². The third kappa shape index (κ3) is 3.75. The van der Waals surface area contributed by atoms with Gasteiger partial charge < -0.3 is 10.1 Å². The van der Waals surface area contributed by atoms with Crippen molar-refractivity contribution in [1.29, 1.82) is 0 Å². The van der Waals surface area contributed by atoms with Crippen LogP contribution in [0.2, 0.25) is 0 Å². The number of nitrogens with one attached hydrogen (secondary N) is 1. The van der Waals surface area contributed by atoms with Crippen LogP contribution in [0.1, 0.15) is 22.2 Å². The predicted molar refractivity (Wildman–Crippen MR) is 74.9 cm³/mol. The lowest BCUT2D eigenvalue weighted by Crippen LogP contribution is -2.13. The summed E-state index contributed by atoms with van der Waals surface area (Å²) in [4.78, 5) is 12.4. The minimum atomic E-state index is -4.48. The zero-order chi connectivity index (χ0) is 15.5. The highest BCUT2D eigenvalue weighted by atomic mass is 32.1. The highest BCUT2D eigenvalue weighted by molar-refractivity contribution is 7.12. The fraction of sp³-hybridized carbons (Fsp3) is 0.214. The van der Waals surface area contributed by atoms with E-state index in [9.17, 15) is 18.0 Å². The van der Waals surface area contributed by atoms with Gasteiger partial charge in [0.15, 0.2) is 0 Å². The maximum atomic E-state index is 12.7. The quantitative estimate of drug-likeness (QED) is 0.907. The van der Waals surface area contributed by atoms with Crippen molar-refractivity contribution in [3.05, 3.63) is 46.2 Å². The van der Waals surface area contributed by atoms with E-state index in [1.807, 2.05) is 0 Å². The third-order valence-corrected chi connectivity index (χ3v) is 3.47. The van der Waals surface area contributed by atoms with Crippen LogP contribution in [0, 0.1) is 0 Å². The summed E-state index contributed by atoms with van der Waals surface area (Å²) < 4.78 is 43.5. The average molecular weight is 315 g/mol. The summed E-state index contributed by atoms with van der Waals surface area (Å²) >= 11 is 1.20. The van der Waals surface area contributed by atoms with Gasteiger partial charge in [-0.1, -0.05) is 6.07 Å². The second kappa shape index (κ2) is 6.17. The Labute approximate surface area is 123 Å². The van der Waals surface area contributed by atoms with E-state index in [1.165, 1.54) is 17.4 Å². The summed E-state index contributed by atoms with van der Waals surface area (Å²) in [6.45, 7) is 2.00. The molecule has 0 aliphatic heterocycles. The van der Waals surface area contributed by atoms with Crippen molar-refractivity contribution in [2.45, 2.75) is 13.1 Å². The minimum Gasteiger partial charge on any atom is -0.492 e. The number of rotatable bonds is 4. The van der Waals surface area contributed by atoms with Crippen molar-refractivity contribution in [1.82, 2.24) is 0 Å². The number of thiophene rings is 1. The molecule has 0 aliphatic rings. The molecule has 2 rings (SSSR count). The molecule has 1 amide bonds. The number of carbonyl (C=O) groups is 1.